The van der Waals surface area contributed by atoms with Gasteiger partial charge in [0.05, 0.1) is 15.1 Å². The molecule has 0 aliphatic rings. The monoisotopic (exact) mass is 386 g/mol. The van der Waals surface area contributed by atoms with Gasteiger partial charge in [-0.2, -0.15) is 0 Å². The van der Waals surface area contributed by atoms with E-state index in [0.29, 0.717) is 20.9 Å². The maximum Gasteiger partial charge on any atom is 0.293 e. The van der Waals surface area contributed by atoms with E-state index in [1.165, 1.54) is 17.4 Å². The van der Waals surface area contributed by atoms with Gasteiger partial charge in [-0.15, -0.1) is 0 Å². The maximum atomic E-state index is 12.6. The van der Waals surface area contributed by atoms with Crippen molar-refractivity contribution < 1.29 is 17.6 Å². The van der Waals surface area contributed by atoms with E-state index < -0.39 is 9.84 Å². The van der Waals surface area contributed by atoms with Crippen LogP contribution in [0.4, 0.5) is 5.13 Å². The first-order chi connectivity index (χ1) is 12.3. The molecular weight excluding hydrogens is 372 g/mol. The van der Waals surface area contributed by atoms with Crippen LogP contribution in [0.3, 0.4) is 0 Å². The summed E-state index contributed by atoms with van der Waals surface area (Å²) < 4.78 is 29.7. The number of hydrogen-bond acceptors (Lipinski definition) is 6. The number of thiazole rings is 1. The number of furan rings is 1. The summed E-state index contributed by atoms with van der Waals surface area (Å²) in [6, 6.07) is 12.1. The number of benzene rings is 2. The lowest BCUT2D eigenvalue weighted by Gasteiger charge is -1.98. The molecule has 2 aromatic heterocycles. The van der Waals surface area contributed by atoms with Gasteiger partial charge < -0.3 is 4.42 Å². The second-order valence-corrected chi connectivity index (χ2v) is 8.97. The van der Waals surface area contributed by atoms with Crippen molar-refractivity contribution in [2.24, 2.45) is 0 Å². The molecule has 1 amide bonds. The van der Waals surface area contributed by atoms with Crippen molar-refractivity contribution in [3.05, 3.63) is 53.8 Å². The van der Waals surface area contributed by atoms with Crippen molar-refractivity contribution in [2.75, 3.05) is 11.6 Å². The van der Waals surface area contributed by atoms with E-state index >= 15 is 0 Å². The molecule has 0 atom stereocenters. The molecule has 0 spiro atoms. The zero-order valence-electron chi connectivity index (χ0n) is 13.9. The van der Waals surface area contributed by atoms with Crippen LogP contribution < -0.4 is 5.32 Å². The fourth-order valence-corrected chi connectivity index (χ4v) is 4.36. The molecule has 4 aromatic rings. The van der Waals surface area contributed by atoms with Crippen molar-refractivity contribution >= 4 is 53.4 Å². The van der Waals surface area contributed by atoms with E-state index in [0.717, 1.165) is 17.2 Å². The molecule has 1 N–H and O–H groups in total. The summed E-state index contributed by atoms with van der Waals surface area (Å²) >= 11 is 1.21. The Morgan fingerprint density at radius 2 is 1.96 bits per heavy atom. The molecule has 0 unspecified atom stereocenters. The van der Waals surface area contributed by atoms with Crippen molar-refractivity contribution in [3.63, 3.8) is 0 Å². The van der Waals surface area contributed by atoms with E-state index in [1.54, 1.807) is 12.1 Å². The van der Waals surface area contributed by atoms with Gasteiger partial charge in [-0.05, 0) is 31.2 Å². The number of rotatable bonds is 3. The Labute approximate surface area is 153 Å². The number of sulfone groups is 1. The Morgan fingerprint density at radius 1 is 1.19 bits per heavy atom. The summed E-state index contributed by atoms with van der Waals surface area (Å²) in [6.45, 7) is 1.83. The lowest BCUT2D eigenvalue weighted by Crippen LogP contribution is -2.11. The quantitative estimate of drug-likeness (QED) is 0.575. The molecule has 0 aliphatic heterocycles. The zero-order chi connectivity index (χ0) is 18.5. The third kappa shape index (κ3) is 2.87. The SMILES string of the molecule is Cc1c(C(=O)Nc2nc3ccc(S(C)(=O)=O)cc3s2)oc2ccccc12. The molecular formula is C18H14N2O4S2. The standard InChI is InChI=1S/C18H14N2O4S2/c1-10-12-5-3-4-6-14(12)24-16(10)17(21)20-18-19-13-8-7-11(26(2,22)23)9-15(13)25-18/h3-9H,1-2H3,(H,19,20,21). The van der Waals surface area contributed by atoms with Crippen molar-refractivity contribution in [1.82, 2.24) is 4.98 Å². The number of anilines is 1. The predicted octanol–water partition coefficient (Wildman–Crippen LogP) is 4.01. The topological polar surface area (TPSA) is 89.3 Å². The fraction of sp³-hybridized carbons (Fsp3) is 0.111. The third-order valence-electron chi connectivity index (χ3n) is 4.06. The maximum absolute atomic E-state index is 12.6. The Bertz CT molecular complexity index is 1270. The predicted molar refractivity (Wildman–Crippen MR) is 102 cm³/mol. The van der Waals surface area contributed by atoms with Gasteiger partial charge in [-0.25, -0.2) is 13.4 Å². The average Bonchev–Trinajstić information content (AvgIpc) is 3.14. The van der Waals surface area contributed by atoms with E-state index in [1.807, 2.05) is 31.2 Å². The normalized spacial score (nSPS) is 11.9. The van der Waals surface area contributed by atoms with Gasteiger partial charge >= 0.3 is 0 Å². The highest BCUT2D eigenvalue weighted by molar-refractivity contribution is 7.90. The summed E-state index contributed by atoms with van der Waals surface area (Å²) in [5, 5.41) is 4.01. The molecule has 132 valence electrons. The number of amides is 1. The molecule has 0 saturated heterocycles. The van der Waals surface area contributed by atoms with Gasteiger partial charge in [0.15, 0.2) is 20.7 Å². The molecule has 0 fully saturated rings. The minimum Gasteiger partial charge on any atom is -0.451 e. The van der Waals surface area contributed by atoms with Gasteiger partial charge in [0.2, 0.25) is 0 Å². The number of carbonyl (C=O) groups is 1. The van der Waals surface area contributed by atoms with E-state index in [-0.39, 0.29) is 16.6 Å². The van der Waals surface area contributed by atoms with E-state index in [4.69, 9.17) is 4.42 Å². The van der Waals surface area contributed by atoms with Crippen LogP contribution >= 0.6 is 11.3 Å². The molecule has 8 heteroatoms. The lowest BCUT2D eigenvalue weighted by molar-refractivity contribution is 0.0998. The van der Waals surface area contributed by atoms with Gasteiger partial charge in [0.25, 0.3) is 5.91 Å². The van der Waals surface area contributed by atoms with Crippen molar-refractivity contribution in [2.45, 2.75) is 11.8 Å². The highest BCUT2D eigenvalue weighted by Crippen LogP contribution is 2.30. The number of nitrogens with one attached hydrogen (secondary N) is 1. The number of hydrogen-bond donors (Lipinski definition) is 1. The number of aromatic nitrogens is 1. The highest BCUT2D eigenvalue weighted by Gasteiger charge is 2.19. The molecule has 26 heavy (non-hydrogen) atoms. The minimum atomic E-state index is -3.29. The summed E-state index contributed by atoms with van der Waals surface area (Å²) in [4.78, 5) is 17.1. The van der Waals surface area contributed by atoms with Gasteiger partial charge in [0.1, 0.15) is 5.58 Å². The van der Waals surface area contributed by atoms with Crippen LogP contribution in [0.25, 0.3) is 21.2 Å². The van der Waals surface area contributed by atoms with Crippen LogP contribution in [0.2, 0.25) is 0 Å². The number of para-hydroxylation sites is 1. The van der Waals surface area contributed by atoms with Crippen LogP contribution in [0.5, 0.6) is 0 Å². The van der Waals surface area contributed by atoms with Crippen molar-refractivity contribution in [3.8, 4) is 0 Å². The van der Waals surface area contributed by atoms with Crippen LogP contribution in [-0.4, -0.2) is 25.6 Å². The van der Waals surface area contributed by atoms with E-state index in [2.05, 4.69) is 10.3 Å². The Morgan fingerprint density at radius 3 is 2.69 bits per heavy atom. The van der Waals surface area contributed by atoms with Crippen LogP contribution in [0.15, 0.2) is 51.8 Å². The average molecular weight is 386 g/mol. The second kappa shape index (κ2) is 5.93. The van der Waals surface area contributed by atoms with Gasteiger partial charge in [-0.1, -0.05) is 29.5 Å². The first-order valence-corrected chi connectivity index (χ1v) is 10.4. The van der Waals surface area contributed by atoms with Gasteiger partial charge in [-0.3, -0.25) is 10.1 Å². The largest absolute Gasteiger partial charge is 0.451 e. The molecule has 2 aromatic carbocycles. The first kappa shape index (κ1) is 16.7. The smallest absolute Gasteiger partial charge is 0.293 e. The molecule has 0 saturated carbocycles. The second-order valence-electron chi connectivity index (χ2n) is 5.93. The van der Waals surface area contributed by atoms with E-state index in [9.17, 15) is 13.2 Å². The van der Waals surface area contributed by atoms with Crippen LogP contribution in [0, 0.1) is 6.92 Å². The molecule has 0 bridgehead atoms. The summed E-state index contributed by atoms with van der Waals surface area (Å²) in [5.74, 6) is -0.150. The number of carbonyl (C=O) groups excluding carboxylic acids is 1. The third-order valence-corrected chi connectivity index (χ3v) is 6.10. The summed E-state index contributed by atoms with van der Waals surface area (Å²) in [7, 11) is -3.29. The van der Waals surface area contributed by atoms with Crippen LogP contribution in [-0.2, 0) is 9.84 Å². The number of nitrogens with zero attached hydrogens (tertiary/aromatic N) is 1. The Hall–Kier alpha value is -2.71. The summed E-state index contributed by atoms with van der Waals surface area (Å²) in [6.07, 6.45) is 1.15. The zero-order valence-corrected chi connectivity index (χ0v) is 15.6. The van der Waals surface area contributed by atoms with Crippen molar-refractivity contribution in [1.29, 1.82) is 0 Å². The fourth-order valence-electron chi connectivity index (χ4n) is 2.73. The first-order valence-electron chi connectivity index (χ1n) is 7.73. The molecule has 4 rings (SSSR count). The molecule has 2 heterocycles. The Balaban J connectivity index is 1.67. The molecule has 0 aliphatic carbocycles. The molecule has 0 radical (unpaired) electrons. The van der Waals surface area contributed by atoms with Gasteiger partial charge in [0, 0.05) is 17.2 Å². The summed E-state index contributed by atoms with van der Waals surface area (Å²) in [5.41, 5.74) is 2.04. The van der Waals surface area contributed by atoms with Crippen LogP contribution in [0.1, 0.15) is 16.1 Å². The minimum absolute atomic E-state index is 0.222. The molecule has 6 nitrogen and oxygen atoms in total. The Kier molecular flexibility index (Phi) is 3.82. The highest BCUT2D eigenvalue weighted by atomic mass is 32.2. The number of fused-ring (bicyclic) bond motifs is 2. The lowest BCUT2D eigenvalue weighted by atomic mass is 10.1. The number of aryl methyl sites for hydroxylation is 1.